The van der Waals surface area contributed by atoms with E-state index >= 15 is 0 Å². The van der Waals surface area contributed by atoms with Crippen LogP contribution in [0.25, 0.3) is 0 Å². The largest absolute Gasteiger partial charge is 0.378 e. The van der Waals surface area contributed by atoms with Crippen LogP contribution in [0.4, 0.5) is 11.4 Å². The molecular weight excluding hydrogens is 338 g/mol. The molecule has 0 aliphatic heterocycles. The predicted molar refractivity (Wildman–Crippen MR) is 98.5 cm³/mol. The Bertz CT molecular complexity index is 873. The minimum Gasteiger partial charge on any atom is -0.378 e. The Morgan fingerprint density at radius 2 is 1.76 bits per heavy atom. The Labute approximate surface area is 147 Å². The molecule has 0 bridgehead atoms. The average Bonchev–Trinajstić information content (AvgIpc) is 3.39. The van der Waals surface area contributed by atoms with Crippen LogP contribution in [0.5, 0.6) is 0 Å². The average molecular weight is 359 g/mol. The third-order valence-electron chi connectivity index (χ3n) is 3.96. The van der Waals surface area contributed by atoms with Crippen molar-refractivity contribution in [3.8, 4) is 0 Å². The maximum atomic E-state index is 12.6. The van der Waals surface area contributed by atoms with Crippen LogP contribution in [0, 0.1) is 0 Å². The first kappa shape index (κ1) is 17.3. The summed E-state index contributed by atoms with van der Waals surface area (Å²) in [5.74, 6) is -0.241. The Morgan fingerprint density at radius 3 is 2.36 bits per heavy atom. The number of benzene rings is 2. The second kappa shape index (κ2) is 6.76. The molecule has 0 unspecified atom stereocenters. The first-order chi connectivity index (χ1) is 11.8. The molecule has 7 heteroatoms. The predicted octanol–water partition coefficient (Wildman–Crippen LogP) is 2.45. The van der Waals surface area contributed by atoms with Gasteiger partial charge in [-0.1, -0.05) is 6.07 Å². The molecule has 1 aliphatic rings. The van der Waals surface area contributed by atoms with Crippen molar-refractivity contribution in [3.63, 3.8) is 0 Å². The Kier molecular flexibility index (Phi) is 4.67. The molecule has 0 saturated heterocycles. The van der Waals surface area contributed by atoms with E-state index in [4.69, 9.17) is 0 Å². The van der Waals surface area contributed by atoms with E-state index in [2.05, 4.69) is 10.0 Å². The van der Waals surface area contributed by atoms with Gasteiger partial charge >= 0.3 is 0 Å². The van der Waals surface area contributed by atoms with Crippen LogP contribution < -0.4 is 14.9 Å². The third-order valence-corrected chi connectivity index (χ3v) is 5.33. The molecule has 25 heavy (non-hydrogen) atoms. The fraction of sp³-hybridized carbons (Fsp3) is 0.278. The zero-order valence-corrected chi connectivity index (χ0v) is 15.0. The number of nitrogens with zero attached hydrogens (tertiary/aromatic N) is 1. The molecule has 1 fully saturated rings. The van der Waals surface area contributed by atoms with Crippen LogP contribution in [0.1, 0.15) is 23.2 Å². The van der Waals surface area contributed by atoms with Gasteiger partial charge in [0.1, 0.15) is 0 Å². The van der Waals surface area contributed by atoms with Crippen molar-refractivity contribution in [2.75, 3.05) is 23.7 Å². The lowest BCUT2D eigenvalue weighted by molar-refractivity contribution is 0.0951. The number of hydrogen-bond acceptors (Lipinski definition) is 4. The van der Waals surface area contributed by atoms with E-state index in [0.29, 0.717) is 11.3 Å². The van der Waals surface area contributed by atoms with Gasteiger partial charge in [0.2, 0.25) is 0 Å². The summed E-state index contributed by atoms with van der Waals surface area (Å²) in [6.45, 7) is 0. The molecule has 1 saturated carbocycles. The van der Waals surface area contributed by atoms with Gasteiger partial charge in [-0.2, -0.15) is 0 Å². The maximum Gasteiger partial charge on any atom is 0.261 e. The standard InChI is InChI=1S/C18H21N3O3S/c1-21(2)16-10-8-15(9-11-16)20-25(23,24)17-5-3-4-13(12-17)18(22)19-14-6-7-14/h3-5,8-12,14,20H,6-7H2,1-2H3,(H,19,22). The highest BCUT2D eigenvalue weighted by Crippen LogP contribution is 2.22. The second-order valence-electron chi connectivity index (χ2n) is 6.32. The number of hydrogen-bond donors (Lipinski definition) is 2. The first-order valence-electron chi connectivity index (χ1n) is 8.06. The van der Waals surface area contributed by atoms with Gasteiger partial charge in [0.05, 0.1) is 4.90 Å². The zero-order valence-electron chi connectivity index (χ0n) is 14.2. The lowest BCUT2D eigenvalue weighted by Crippen LogP contribution is -2.25. The van der Waals surface area contributed by atoms with Crippen molar-refractivity contribution >= 4 is 27.3 Å². The van der Waals surface area contributed by atoms with Crippen molar-refractivity contribution < 1.29 is 13.2 Å². The van der Waals surface area contributed by atoms with Gasteiger partial charge < -0.3 is 10.2 Å². The molecule has 6 nitrogen and oxygen atoms in total. The number of rotatable bonds is 6. The SMILES string of the molecule is CN(C)c1ccc(NS(=O)(=O)c2cccc(C(=O)NC3CC3)c2)cc1. The first-order valence-corrected chi connectivity index (χ1v) is 9.54. The van der Waals surface area contributed by atoms with Gasteiger partial charge in [0, 0.05) is 37.1 Å². The third kappa shape index (κ3) is 4.30. The summed E-state index contributed by atoms with van der Waals surface area (Å²) in [6, 6.07) is 13.4. The topological polar surface area (TPSA) is 78.5 Å². The van der Waals surface area contributed by atoms with Gasteiger partial charge in [-0.05, 0) is 55.3 Å². The van der Waals surface area contributed by atoms with Gasteiger partial charge in [0.15, 0.2) is 0 Å². The molecule has 0 heterocycles. The van der Waals surface area contributed by atoms with E-state index in [1.807, 2.05) is 31.1 Å². The van der Waals surface area contributed by atoms with E-state index in [-0.39, 0.29) is 16.8 Å². The molecule has 0 spiro atoms. The van der Waals surface area contributed by atoms with Gasteiger partial charge in [0.25, 0.3) is 15.9 Å². The Balaban J connectivity index is 1.78. The molecule has 2 N–H and O–H groups in total. The normalized spacial score (nSPS) is 14.0. The molecule has 0 aromatic heterocycles. The summed E-state index contributed by atoms with van der Waals surface area (Å²) < 4.78 is 27.7. The van der Waals surface area contributed by atoms with Crippen LogP contribution in [0.3, 0.4) is 0 Å². The smallest absolute Gasteiger partial charge is 0.261 e. The summed E-state index contributed by atoms with van der Waals surface area (Å²) in [6.07, 6.45) is 1.96. The van der Waals surface area contributed by atoms with E-state index in [9.17, 15) is 13.2 Å². The quantitative estimate of drug-likeness (QED) is 0.830. The number of nitrogens with one attached hydrogen (secondary N) is 2. The molecule has 2 aromatic rings. The Hall–Kier alpha value is -2.54. The summed E-state index contributed by atoms with van der Waals surface area (Å²) in [5, 5.41) is 2.86. The molecule has 2 aromatic carbocycles. The molecule has 1 aliphatic carbocycles. The highest BCUT2D eigenvalue weighted by molar-refractivity contribution is 7.92. The molecule has 1 amide bonds. The highest BCUT2D eigenvalue weighted by atomic mass is 32.2. The number of anilines is 2. The number of amides is 1. The maximum absolute atomic E-state index is 12.6. The zero-order chi connectivity index (χ0) is 18.0. The van der Waals surface area contributed by atoms with Crippen molar-refractivity contribution in [2.24, 2.45) is 0 Å². The lowest BCUT2D eigenvalue weighted by Gasteiger charge is -2.14. The fourth-order valence-corrected chi connectivity index (χ4v) is 3.45. The monoisotopic (exact) mass is 359 g/mol. The van der Waals surface area contributed by atoms with Crippen LogP contribution in [0.15, 0.2) is 53.4 Å². The number of sulfonamides is 1. The van der Waals surface area contributed by atoms with Crippen molar-refractivity contribution in [2.45, 2.75) is 23.8 Å². The van der Waals surface area contributed by atoms with Crippen molar-refractivity contribution in [1.29, 1.82) is 0 Å². The summed E-state index contributed by atoms with van der Waals surface area (Å²) in [7, 11) is 0.0692. The van der Waals surface area contributed by atoms with Crippen LogP contribution >= 0.6 is 0 Å². The van der Waals surface area contributed by atoms with Crippen molar-refractivity contribution in [3.05, 3.63) is 54.1 Å². The highest BCUT2D eigenvalue weighted by Gasteiger charge is 2.24. The minimum atomic E-state index is -3.76. The van der Waals surface area contributed by atoms with E-state index in [0.717, 1.165) is 18.5 Å². The van der Waals surface area contributed by atoms with Crippen LogP contribution in [-0.4, -0.2) is 34.5 Å². The molecule has 0 radical (unpaired) electrons. The van der Waals surface area contributed by atoms with Crippen LogP contribution in [-0.2, 0) is 10.0 Å². The second-order valence-corrected chi connectivity index (χ2v) is 8.00. The van der Waals surface area contributed by atoms with Crippen molar-refractivity contribution in [1.82, 2.24) is 5.32 Å². The lowest BCUT2D eigenvalue weighted by atomic mass is 10.2. The van der Waals surface area contributed by atoms with Crippen LogP contribution in [0.2, 0.25) is 0 Å². The molecule has 132 valence electrons. The summed E-state index contributed by atoms with van der Waals surface area (Å²) in [4.78, 5) is 14.1. The number of carbonyl (C=O) groups excluding carboxylic acids is 1. The molecular formula is C18H21N3O3S. The van der Waals surface area contributed by atoms with E-state index in [1.165, 1.54) is 12.1 Å². The summed E-state index contributed by atoms with van der Waals surface area (Å²) in [5.41, 5.74) is 1.79. The fourth-order valence-electron chi connectivity index (χ4n) is 2.34. The number of carbonyl (C=O) groups is 1. The van der Waals surface area contributed by atoms with E-state index < -0.39 is 10.0 Å². The molecule has 3 rings (SSSR count). The minimum absolute atomic E-state index is 0.0626. The Morgan fingerprint density at radius 1 is 1.08 bits per heavy atom. The molecule has 0 atom stereocenters. The van der Waals surface area contributed by atoms with Gasteiger partial charge in [-0.25, -0.2) is 8.42 Å². The van der Waals surface area contributed by atoms with E-state index in [1.54, 1.807) is 24.3 Å². The van der Waals surface area contributed by atoms with Gasteiger partial charge in [-0.15, -0.1) is 0 Å². The van der Waals surface area contributed by atoms with Gasteiger partial charge in [-0.3, -0.25) is 9.52 Å². The summed E-state index contributed by atoms with van der Waals surface area (Å²) >= 11 is 0.